The molecule has 0 amide bonds. The second-order valence-electron chi connectivity index (χ2n) is 5.85. The van der Waals surface area contributed by atoms with E-state index in [2.05, 4.69) is 38.0 Å². The van der Waals surface area contributed by atoms with Crippen LogP contribution in [0.1, 0.15) is 65.7 Å². The third-order valence-electron chi connectivity index (χ3n) is 4.22. The normalized spacial score (nSPS) is 28.2. The van der Waals surface area contributed by atoms with E-state index in [9.17, 15) is 0 Å². The zero-order valence-corrected chi connectivity index (χ0v) is 12.3. The summed E-state index contributed by atoms with van der Waals surface area (Å²) in [7, 11) is 2.25. The summed E-state index contributed by atoms with van der Waals surface area (Å²) in [5, 5.41) is 3.92. The quantitative estimate of drug-likeness (QED) is 0.733. The van der Waals surface area contributed by atoms with Gasteiger partial charge in [0.1, 0.15) is 0 Å². The molecule has 1 saturated heterocycles. The third-order valence-corrected chi connectivity index (χ3v) is 4.22. The van der Waals surface area contributed by atoms with Crippen LogP contribution in [0.15, 0.2) is 0 Å². The van der Waals surface area contributed by atoms with E-state index in [0.717, 1.165) is 18.1 Å². The molecule has 2 heteroatoms. The highest BCUT2D eigenvalue weighted by atomic mass is 15.1. The van der Waals surface area contributed by atoms with Crippen LogP contribution in [0.25, 0.3) is 0 Å². The largest absolute Gasteiger partial charge is 0.311 e. The Hall–Kier alpha value is -0.0800. The van der Waals surface area contributed by atoms with E-state index >= 15 is 0 Å². The first-order valence-electron chi connectivity index (χ1n) is 7.63. The average molecular weight is 240 g/mol. The Morgan fingerprint density at radius 1 is 1.24 bits per heavy atom. The summed E-state index contributed by atoms with van der Waals surface area (Å²) in [6, 6.07) is 2.27. The third kappa shape index (κ3) is 5.39. The summed E-state index contributed by atoms with van der Waals surface area (Å²) >= 11 is 0. The van der Waals surface area contributed by atoms with Crippen molar-refractivity contribution in [3.8, 4) is 0 Å². The van der Waals surface area contributed by atoms with Crippen molar-refractivity contribution in [2.24, 2.45) is 0 Å². The standard InChI is InChI=1S/C15H32N2/c1-5-7-9-14(8-6-2)16-15-10-11-17(4)13(3)12-15/h13-16H,5-12H2,1-4H3. The fraction of sp³-hybridized carbons (Fsp3) is 1.00. The molecule has 2 nitrogen and oxygen atoms in total. The van der Waals surface area contributed by atoms with E-state index in [0.29, 0.717) is 0 Å². The molecule has 0 aromatic rings. The van der Waals surface area contributed by atoms with Crippen molar-refractivity contribution in [2.75, 3.05) is 13.6 Å². The summed E-state index contributed by atoms with van der Waals surface area (Å²) in [5.41, 5.74) is 0. The zero-order valence-electron chi connectivity index (χ0n) is 12.3. The number of hydrogen-bond acceptors (Lipinski definition) is 2. The Bertz CT molecular complexity index is 191. The molecule has 1 rings (SSSR count). The Kier molecular flexibility index (Phi) is 7.14. The van der Waals surface area contributed by atoms with Crippen LogP contribution >= 0.6 is 0 Å². The minimum atomic E-state index is 0.745. The maximum absolute atomic E-state index is 3.92. The molecule has 1 fully saturated rings. The topological polar surface area (TPSA) is 15.3 Å². The molecule has 3 atom stereocenters. The van der Waals surface area contributed by atoms with Crippen molar-refractivity contribution in [3.63, 3.8) is 0 Å². The van der Waals surface area contributed by atoms with Crippen LogP contribution in [0.4, 0.5) is 0 Å². The van der Waals surface area contributed by atoms with Crippen molar-refractivity contribution in [1.29, 1.82) is 0 Å². The molecule has 0 bridgehead atoms. The minimum Gasteiger partial charge on any atom is -0.311 e. The molecule has 0 radical (unpaired) electrons. The Labute approximate surface area is 108 Å². The van der Waals surface area contributed by atoms with Gasteiger partial charge in [-0.1, -0.05) is 33.1 Å². The lowest BCUT2D eigenvalue weighted by Gasteiger charge is -2.37. The number of nitrogens with zero attached hydrogens (tertiary/aromatic N) is 1. The number of piperidine rings is 1. The van der Waals surface area contributed by atoms with Crippen LogP contribution in [0.2, 0.25) is 0 Å². The van der Waals surface area contributed by atoms with Gasteiger partial charge in [0.05, 0.1) is 0 Å². The SMILES string of the molecule is CCCCC(CCC)NC1CCN(C)C(C)C1. The van der Waals surface area contributed by atoms with Crippen molar-refractivity contribution in [3.05, 3.63) is 0 Å². The molecule has 1 heterocycles. The van der Waals surface area contributed by atoms with E-state index in [1.54, 1.807) is 0 Å². The number of hydrogen-bond donors (Lipinski definition) is 1. The number of nitrogens with one attached hydrogen (secondary N) is 1. The molecule has 0 aromatic carbocycles. The predicted molar refractivity (Wildman–Crippen MR) is 76.5 cm³/mol. The first-order valence-corrected chi connectivity index (χ1v) is 7.63. The van der Waals surface area contributed by atoms with Crippen LogP contribution in [0, 0.1) is 0 Å². The van der Waals surface area contributed by atoms with Crippen LogP contribution in [-0.4, -0.2) is 36.6 Å². The van der Waals surface area contributed by atoms with Gasteiger partial charge in [-0.3, -0.25) is 0 Å². The maximum atomic E-state index is 3.92. The maximum Gasteiger partial charge on any atom is 0.00966 e. The van der Waals surface area contributed by atoms with Gasteiger partial charge in [-0.25, -0.2) is 0 Å². The van der Waals surface area contributed by atoms with Crippen LogP contribution in [0.5, 0.6) is 0 Å². The van der Waals surface area contributed by atoms with Crippen LogP contribution < -0.4 is 5.32 Å². The molecular weight excluding hydrogens is 208 g/mol. The number of rotatable bonds is 7. The molecule has 1 aliphatic heterocycles. The van der Waals surface area contributed by atoms with E-state index in [4.69, 9.17) is 0 Å². The van der Waals surface area contributed by atoms with E-state index in [1.165, 1.54) is 51.5 Å². The number of likely N-dealkylation sites (tertiary alicyclic amines) is 1. The highest BCUT2D eigenvalue weighted by Crippen LogP contribution is 2.17. The first kappa shape index (κ1) is 15.0. The lowest BCUT2D eigenvalue weighted by molar-refractivity contribution is 0.159. The highest BCUT2D eigenvalue weighted by Gasteiger charge is 2.24. The lowest BCUT2D eigenvalue weighted by Crippen LogP contribution is -2.48. The fourth-order valence-electron chi connectivity index (χ4n) is 2.88. The summed E-state index contributed by atoms with van der Waals surface area (Å²) in [4.78, 5) is 2.49. The number of unbranched alkanes of at least 4 members (excludes halogenated alkanes) is 1. The van der Waals surface area contributed by atoms with Crippen LogP contribution in [-0.2, 0) is 0 Å². The molecule has 0 aliphatic carbocycles. The van der Waals surface area contributed by atoms with E-state index < -0.39 is 0 Å². The molecule has 1 N–H and O–H groups in total. The van der Waals surface area contributed by atoms with Crippen LogP contribution in [0.3, 0.4) is 0 Å². The zero-order chi connectivity index (χ0) is 12.7. The van der Waals surface area contributed by atoms with Crippen molar-refractivity contribution < 1.29 is 0 Å². The van der Waals surface area contributed by atoms with E-state index in [-0.39, 0.29) is 0 Å². The Morgan fingerprint density at radius 3 is 2.59 bits per heavy atom. The average Bonchev–Trinajstić information content (AvgIpc) is 2.31. The first-order chi connectivity index (χ1) is 8.17. The van der Waals surface area contributed by atoms with Gasteiger partial charge in [-0.05, 0) is 46.2 Å². The van der Waals surface area contributed by atoms with Gasteiger partial charge in [0, 0.05) is 18.1 Å². The van der Waals surface area contributed by atoms with E-state index in [1.807, 2.05) is 0 Å². The minimum absolute atomic E-state index is 0.745. The second kappa shape index (κ2) is 8.10. The Balaban J connectivity index is 2.33. The second-order valence-corrected chi connectivity index (χ2v) is 5.85. The summed E-state index contributed by atoms with van der Waals surface area (Å²) in [6.45, 7) is 8.21. The van der Waals surface area contributed by atoms with Gasteiger partial charge in [0.2, 0.25) is 0 Å². The van der Waals surface area contributed by atoms with Gasteiger partial charge in [-0.2, -0.15) is 0 Å². The summed E-state index contributed by atoms with van der Waals surface area (Å²) < 4.78 is 0. The van der Waals surface area contributed by atoms with Gasteiger partial charge < -0.3 is 10.2 Å². The molecule has 0 spiro atoms. The lowest BCUT2D eigenvalue weighted by atomic mass is 9.96. The van der Waals surface area contributed by atoms with Gasteiger partial charge in [0.25, 0.3) is 0 Å². The predicted octanol–water partition coefficient (Wildman–Crippen LogP) is 3.42. The molecular formula is C15H32N2. The van der Waals surface area contributed by atoms with Crippen molar-refractivity contribution in [2.45, 2.75) is 83.8 Å². The monoisotopic (exact) mass is 240 g/mol. The molecule has 17 heavy (non-hydrogen) atoms. The molecule has 1 aliphatic rings. The molecule has 102 valence electrons. The molecule has 0 saturated carbocycles. The van der Waals surface area contributed by atoms with Crippen molar-refractivity contribution in [1.82, 2.24) is 10.2 Å². The molecule has 3 unspecified atom stereocenters. The van der Waals surface area contributed by atoms with Crippen molar-refractivity contribution >= 4 is 0 Å². The summed E-state index contributed by atoms with van der Waals surface area (Å²) in [5.74, 6) is 0. The smallest absolute Gasteiger partial charge is 0.00966 e. The summed E-state index contributed by atoms with van der Waals surface area (Å²) in [6.07, 6.45) is 9.37. The van der Waals surface area contributed by atoms with Gasteiger partial charge in [-0.15, -0.1) is 0 Å². The highest BCUT2D eigenvalue weighted by molar-refractivity contribution is 4.83. The fourth-order valence-corrected chi connectivity index (χ4v) is 2.88. The van der Waals surface area contributed by atoms with Gasteiger partial charge >= 0.3 is 0 Å². The van der Waals surface area contributed by atoms with Gasteiger partial charge in [0.15, 0.2) is 0 Å². The molecule has 0 aromatic heterocycles. The Morgan fingerprint density at radius 2 is 2.00 bits per heavy atom.